The van der Waals surface area contributed by atoms with E-state index in [0.29, 0.717) is 0 Å². The summed E-state index contributed by atoms with van der Waals surface area (Å²) in [5, 5.41) is 0. The summed E-state index contributed by atoms with van der Waals surface area (Å²) in [6, 6.07) is 0. The molecule has 0 aromatic heterocycles. The van der Waals surface area contributed by atoms with E-state index in [1.165, 1.54) is 31.0 Å². The van der Waals surface area contributed by atoms with Crippen LogP contribution in [-0.4, -0.2) is 47.7 Å². The van der Waals surface area contributed by atoms with Crippen LogP contribution in [0.25, 0.3) is 0 Å². The first-order chi connectivity index (χ1) is 5.99. The van der Waals surface area contributed by atoms with E-state index < -0.39 is 0 Å². The molecule has 0 unspecified atom stereocenters. The molecule has 0 spiro atoms. The second-order valence-corrected chi connectivity index (χ2v) is 9.87. The average molecular weight is 223 g/mol. The molecule has 0 rings (SSSR count). The number of nitrogens with zero attached hydrogens (tertiary/aromatic N) is 1. The lowest BCUT2D eigenvalue weighted by Crippen LogP contribution is -2.15. The van der Waals surface area contributed by atoms with Gasteiger partial charge in [-0.25, -0.2) is 10.0 Å². The molecule has 0 fully saturated rings. The highest BCUT2D eigenvalue weighted by Gasteiger charge is 2.04. The van der Waals surface area contributed by atoms with Crippen LogP contribution in [-0.2, 0) is 0 Å². The van der Waals surface area contributed by atoms with Gasteiger partial charge in [-0.1, -0.05) is 25.8 Å². The normalized spacial score (nSPS) is 13.7. The van der Waals surface area contributed by atoms with Crippen LogP contribution < -0.4 is 0 Å². The predicted octanol–water partition coefficient (Wildman–Crippen LogP) is 3.06. The maximum atomic E-state index is 2.43. The van der Waals surface area contributed by atoms with Crippen LogP contribution >= 0.6 is 22.0 Å². The van der Waals surface area contributed by atoms with E-state index in [4.69, 9.17) is 0 Å². The van der Waals surface area contributed by atoms with Crippen molar-refractivity contribution in [3.63, 3.8) is 0 Å². The lowest BCUT2D eigenvalue weighted by molar-refractivity contribution is 0.524. The van der Waals surface area contributed by atoms with Crippen LogP contribution in [0.15, 0.2) is 0 Å². The SMILES string of the molecule is CCN(CC)SCCCS(C)(C)C. The molecule has 0 aliphatic heterocycles. The van der Waals surface area contributed by atoms with E-state index in [1.54, 1.807) is 0 Å². The maximum absolute atomic E-state index is 2.43. The summed E-state index contributed by atoms with van der Waals surface area (Å²) in [5.74, 6) is 2.72. The minimum absolute atomic E-state index is 0.267. The standard InChI is InChI=1S/C10H25NS2/c1-6-11(7-2)12-9-8-10-13(3,4)5/h6-10H2,1-5H3. The molecule has 0 aromatic rings. The third-order valence-corrected chi connectivity index (χ3v) is 4.75. The highest BCUT2D eigenvalue weighted by Crippen LogP contribution is 2.35. The Hall–Kier alpha value is 0.660. The van der Waals surface area contributed by atoms with Gasteiger partial charge in [0.2, 0.25) is 0 Å². The Kier molecular flexibility index (Phi) is 7.37. The largest absolute Gasteiger partial charge is 0.251 e. The van der Waals surface area contributed by atoms with Crippen molar-refractivity contribution < 1.29 is 0 Å². The predicted molar refractivity (Wildman–Crippen MR) is 70.2 cm³/mol. The molecule has 0 heterocycles. The minimum atomic E-state index is -0.267. The summed E-state index contributed by atoms with van der Waals surface area (Å²) in [4.78, 5) is 0. The van der Waals surface area contributed by atoms with Gasteiger partial charge < -0.3 is 0 Å². The van der Waals surface area contributed by atoms with Gasteiger partial charge in [-0.05, 0) is 30.9 Å². The monoisotopic (exact) mass is 223 g/mol. The van der Waals surface area contributed by atoms with E-state index in [1.807, 2.05) is 11.9 Å². The Morgan fingerprint density at radius 3 is 2.00 bits per heavy atom. The molecule has 0 bridgehead atoms. The molecule has 0 saturated carbocycles. The van der Waals surface area contributed by atoms with Crippen LogP contribution in [0.1, 0.15) is 20.3 Å². The van der Waals surface area contributed by atoms with Crippen LogP contribution in [0.2, 0.25) is 0 Å². The second kappa shape index (κ2) is 7.02. The fourth-order valence-corrected chi connectivity index (χ4v) is 3.18. The average Bonchev–Trinajstić information content (AvgIpc) is 2.03. The summed E-state index contributed by atoms with van der Waals surface area (Å²) >= 11 is 2.01. The Labute approximate surface area is 90.1 Å². The summed E-state index contributed by atoms with van der Waals surface area (Å²) in [6.45, 7) is 6.80. The summed E-state index contributed by atoms with van der Waals surface area (Å²) in [6.07, 6.45) is 8.57. The third-order valence-electron chi connectivity index (χ3n) is 1.88. The minimum Gasteiger partial charge on any atom is -0.251 e. The number of hydrogen-bond acceptors (Lipinski definition) is 2. The molecule has 0 aliphatic carbocycles. The maximum Gasteiger partial charge on any atom is 0.00881 e. The Morgan fingerprint density at radius 1 is 1.08 bits per heavy atom. The van der Waals surface area contributed by atoms with Gasteiger partial charge in [0.05, 0.1) is 0 Å². The first kappa shape index (κ1) is 13.7. The van der Waals surface area contributed by atoms with Gasteiger partial charge in [0, 0.05) is 18.8 Å². The van der Waals surface area contributed by atoms with Crippen LogP contribution in [0, 0.1) is 0 Å². The zero-order chi connectivity index (χ0) is 10.3. The van der Waals surface area contributed by atoms with Gasteiger partial charge in [-0.2, -0.15) is 0 Å². The molecule has 1 nitrogen and oxygen atoms in total. The van der Waals surface area contributed by atoms with E-state index in [2.05, 4.69) is 36.9 Å². The number of hydrogen-bond donors (Lipinski definition) is 0. The quantitative estimate of drug-likeness (QED) is 0.482. The zero-order valence-electron chi connectivity index (χ0n) is 9.80. The Bertz CT molecular complexity index is 117. The summed E-state index contributed by atoms with van der Waals surface area (Å²) in [7, 11) is -0.267. The van der Waals surface area contributed by atoms with E-state index >= 15 is 0 Å². The topological polar surface area (TPSA) is 3.24 Å². The van der Waals surface area contributed by atoms with Gasteiger partial charge in [-0.3, -0.25) is 4.31 Å². The molecule has 3 heteroatoms. The zero-order valence-corrected chi connectivity index (χ0v) is 11.4. The Balaban J connectivity index is 3.34. The highest BCUT2D eigenvalue weighted by atomic mass is 32.3. The van der Waals surface area contributed by atoms with Gasteiger partial charge in [0.15, 0.2) is 0 Å². The first-order valence-corrected chi connectivity index (χ1v) is 9.00. The summed E-state index contributed by atoms with van der Waals surface area (Å²) in [5.41, 5.74) is 0. The van der Waals surface area contributed by atoms with Crippen molar-refractivity contribution in [1.29, 1.82) is 0 Å². The fraction of sp³-hybridized carbons (Fsp3) is 1.00. The van der Waals surface area contributed by atoms with Crippen LogP contribution in [0.3, 0.4) is 0 Å². The van der Waals surface area contributed by atoms with Gasteiger partial charge in [0.1, 0.15) is 0 Å². The van der Waals surface area contributed by atoms with E-state index in [0.717, 1.165) is 0 Å². The fourth-order valence-electron chi connectivity index (χ4n) is 1.09. The first-order valence-electron chi connectivity index (χ1n) is 5.03. The van der Waals surface area contributed by atoms with Crippen molar-refractivity contribution in [2.45, 2.75) is 20.3 Å². The smallest absolute Gasteiger partial charge is 0.00881 e. The van der Waals surface area contributed by atoms with Gasteiger partial charge in [0.25, 0.3) is 0 Å². The van der Waals surface area contributed by atoms with Crippen molar-refractivity contribution in [3.8, 4) is 0 Å². The van der Waals surface area contributed by atoms with Crippen LogP contribution in [0.5, 0.6) is 0 Å². The van der Waals surface area contributed by atoms with E-state index in [9.17, 15) is 0 Å². The van der Waals surface area contributed by atoms with Crippen molar-refractivity contribution in [2.24, 2.45) is 0 Å². The second-order valence-electron chi connectivity index (χ2n) is 4.10. The lowest BCUT2D eigenvalue weighted by atomic mass is 10.6. The molecular weight excluding hydrogens is 198 g/mol. The molecule has 82 valence electrons. The Morgan fingerprint density at radius 2 is 1.62 bits per heavy atom. The van der Waals surface area contributed by atoms with Crippen molar-refractivity contribution in [1.82, 2.24) is 4.31 Å². The van der Waals surface area contributed by atoms with Crippen molar-refractivity contribution in [3.05, 3.63) is 0 Å². The highest BCUT2D eigenvalue weighted by molar-refractivity contribution is 8.32. The molecule has 0 atom stereocenters. The molecule has 0 amide bonds. The molecule has 0 radical (unpaired) electrons. The molecule has 13 heavy (non-hydrogen) atoms. The third kappa shape index (κ3) is 8.98. The van der Waals surface area contributed by atoms with Gasteiger partial charge in [-0.15, -0.1) is 0 Å². The van der Waals surface area contributed by atoms with Gasteiger partial charge >= 0.3 is 0 Å². The van der Waals surface area contributed by atoms with E-state index in [-0.39, 0.29) is 10.0 Å². The molecule has 0 aromatic carbocycles. The lowest BCUT2D eigenvalue weighted by Gasteiger charge is -2.25. The number of rotatable bonds is 7. The van der Waals surface area contributed by atoms with Crippen LogP contribution in [0.4, 0.5) is 0 Å². The molecule has 0 N–H and O–H groups in total. The molecule has 0 saturated heterocycles. The molecular formula is C10H25NS2. The molecule has 0 aliphatic rings. The van der Waals surface area contributed by atoms with Crippen molar-refractivity contribution in [2.75, 3.05) is 43.4 Å². The van der Waals surface area contributed by atoms with Crippen molar-refractivity contribution >= 4 is 22.0 Å². The summed E-state index contributed by atoms with van der Waals surface area (Å²) < 4.78 is 2.43.